The highest BCUT2D eigenvalue weighted by Gasteiger charge is 2.22. The van der Waals surface area contributed by atoms with Crippen molar-refractivity contribution in [2.24, 2.45) is 0 Å². The Morgan fingerprint density at radius 3 is 2.70 bits per heavy atom. The van der Waals surface area contributed by atoms with Crippen LogP contribution < -0.4 is 5.32 Å². The van der Waals surface area contributed by atoms with Gasteiger partial charge in [-0.2, -0.15) is 0 Å². The lowest BCUT2D eigenvalue weighted by atomic mass is 9.93. The highest BCUT2D eigenvalue weighted by molar-refractivity contribution is 5.25. The molecule has 1 N–H and O–H groups in total. The molecule has 106 valence electrons. The van der Waals surface area contributed by atoms with E-state index in [1.165, 1.54) is 0 Å². The molecule has 0 spiro atoms. The molecular formula is C15H14F3NO. The topological polar surface area (TPSA) is 25.2 Å². The quantitative estimate of drug-likeness (QED) is 0.864. The second kappa shape index (κ2) is 5.32. The summed E-state index contributed by atoms with van der Waals surface area (Å²) in [6.07, 6.45) is 4.52. The molecular weight excluding hydrogens is 267 g/mol. The fourth-order valence-corrected chi connectivity index (χ4v) is 2.65. The number of halogens is 3. The molecule has 5 heteroatoms. The second-order valence-corrected chi connectivity index (χ2v) is 5.00. The van der Waals surface area contributed by atoms with Gasteiger partial charge in [-0.25, -0.2) is 13.2 Å². The van der Waals surface area contributed by atoms with Gasteiger partial charge in [0.25, 0.3) is 0 Å². The molecule has 0 amide bonds. The van der Waals surface area contributed by atoms with Crippen molar-refractivity contribution < 1.29 is 17.6 Å². The fourth-order valence-electron chi connectivity index (χ4n) is 2.65. The maximum Gasteiger partial charge on any atom is 0.194 e. The Bertz CT molecular complexity index is 600. The summed E-state index contributed by atoms with van der Waals surface area (Å²) in [7, 11) is 0. The number of benzene rings is 1. The SMILES string of the molecule is Fc1cc(CNC2CCCc3occc32)cc(F)c1F. The average Bonchev–Trinajstić information content (AvgIpc) is 2.91. The minimum Gasteiger partial charge on any atom is -0.469 e. The molecule has 1 unspecified atom stereocenters. The van der Waals surface area contributed by atoms with E-state index in [0.29, 0.717) is 5.56 Å². The Morgan fingerprint density at radius 2 is 1.95 bits per heavy atom. The largest absolute Gasteiger partial charge is 0.469 e. The van der Waals surface area contributed by atoms with Gasteiger partial charge in [-0.05, 0) is 36.6 Å². The lowest BCUT2D eigenvalue weighted by molar-refractivity contribution is 0.408. The summed E-state index contributed by atoms with van der Waals surface area (Å²) in [5.74, 6) is -2.78. The maximum absolute atomic E-state index is 13.1. The van der Waals surface area contributed by atoms with Crippen molar-refractivity contribution in [3.8, 4) is 0 Å². The summed E-state index contributed by atoms with van der Waals surface area (Å²) in [5, 5.41) is 3.24. The van der Waals surface area contributed by atoms with Crippen molar-refractivity contribution in [1.29, 1.82) is 0 Å². The average molecular weight is 281 g/mol. The fraction of sp³-hybridized carbons (Fsp3) is 0.333. The lowest BCUT2D eigenvalue weighted by Gasteiger charge is -2.22. The monoisotopic (exact) mass is 281 g/mol. The zero-order valence-corrected chi connectivity index (χ0v) is 10.8. The van der Waals surface area contributed by atoms with Crippen LogP contribution in [0.4, 0.5) is 13.2 Å². The Morgan fingerprint density at radius 1 is 1.20 bits per heavy atom. The van der Waals surface area contributed by atoms with Gasteiger partial charge in [-0.1, -0.05) is 0 Å². The molecule has 1 aliphatic carbocycles. The van der Waals surface area contributed by atoms with Crippen LogP contribution in [-0.4, -0.2) is 0 Å². The van der Waals surface area contributed by atoms with Crippen LogP contribution in [0.5, 0.6) is 0 Å². The molecule has 0 saturated heterocycles. The van der Waals surface area contributed by atoms with Crippen molar-refractivity contribution in [2.75, 3.05) is 0 Å². The van der Waals surface area contributed by atoms with E-state index in [1.54, 1.807) is 6.26 Å². The maximum atomic E-state index is 13.1. The van der Waals surface area contributed by atoms with E-state index in [1.807, 2.05) is 6.07 Å². The Kier molecular flexibility index (Phi) is 3.53. The van der Waals surface area contributed by atoms with Crippen LogP contribution in [0.15, 0.2) is 28.9 Å². The van der Waals surface area contributed by atoms with Crippen molar-refractivity contribution in [3.05, 3.63) is 58.8 Å². The van der Waals surface area contributed by atoms with Crippen LogP contribution in [0, 0.1) is 17.5 Å². The summed E-state index contributed by atoms with van der Waals surface area (Å²) < 4.78 is 44.5. The van der Waals surface area contributed by atoms with Gasteiger partial charge in [0.1, 0.15) is 5.76 Å². The Hall–Kier alpha value is -1.75. The molecule has 2 nitrogen and oxygen atoms in total. The van der Waals surface area contributed by atoms with E-state index in [4.69, 9.17) is 4.42 Å². The summed E-state index contributed by atoms with van der Waals surface area (Å²) in [4.78, 5) is 0. The van der Waals surface area contributed by atoms with Crippen molar-refractivity contribution >= 4 is 0 Å². The van der Waals surface area contributed by atoms with Gasteiger partial charge in [-0.15, -0.1) is 0 Å². The van der Waals surface area contributed by atoms with Gasteiger partial charge in [0.2, 0.25) is 0 Å². The summed E-state index contributed by atoms with van der Waals surface area (Å²) in [6.45, 7) is 0.281. The number of fused-ring (bicyclic) bond motifs is 1. The van der Waals surface area contributed by atoms with Crippen molar-refractivity contribution in [1.82, 2.24) is 5.32 Å². The van der Waals surface area contributed by atoms with Crippen LogP contribution >= 0.6 is 0 Å². The van der Waals surface area contributed by atoms with E-state index in [-0.39, 0.29) is 12.6 Å². The number of furan rings is 1. The third-order valence-corrected chi connectivity index (χ3v) is 3.65. The molecule has 2 aromatic rings. The number of aryl methyl sites for hydroxylation is 1. The molecule has 1 heterocycles. The smallest absolute Gasteiger partial charge is 0.194 e. The standard InChI is InChI=1S/C15H14F3NO/c16-11-6-9(7-12(17)15(11)18)8-19-13-2-1-3-14-10(13)4-5-20-14/h4-7,13,19H,1-3,8H2. The molecule has 0 fully saturated rings. The molecule has 1 aromatic carbocycles. The number of rotatable bonds is 3. The Balaban J connectivity index is 1.72. The van der Waals surface area contributed by atoms with E-state index in [0.717, 1.165) is 42.7 Å². The predicted octanol–water partition coefficient (Wildman–Crippen LogP) is 3.86. The number of hydrogen-bond acceptors (Lipinski definition) is 2. The first-order chi connectivity index (χ1) is 9.65. The minimum absolute atomic E-state index is 0.105. The van der Waals surface area contributed by atoms with Crippen LogP contribution in [0.3, 0.4) is 0 Å². The van der Waals surface area contributed by atoms with E-state index in [2.05, 4.69) is 5.32 Å². The molecule has 3 rings (SSSR count). The van der Waals surface area contributed by atoms with Gasteiger partial charge in [-0.3, -0.25) is 0 Å². The first-order valence-electron chi connectivity index (χ1n) is 6.58. The molecule has 20 heavy (non-hydrogen) atoms. The lowest BCUT2D eigenvalue weighted by Crippen LogP contribution is -2.24. The highest BCUT2D eigenvalue weighted by Crippen LogP contribution is 2.30. The highest BCUT2D eigenvalue weighted by atomic mass is 19.2. The summed E-state index contributed by atoms with van der Waals surface area (Å²) in [5.41, 5.74) is 1.48. The van der Waals surface area contributed by atoms with Gasteiger partial charge in [0.05, 0.1) is 6.26 Å². The van der Waals surface area contributed by atoms with Gasteiger partial charge >= 0.3 is 0 Å². The molecule has 1 aliphatic rings. The third-order valence-electron chi connectivity index (χ3n) is 3.65. The normalized spacial score (nSPS) is 18.1. The van der Waals surface area contributed by atoms with Crippen LogP contribution in [0.1, 0.15) is 35.8 Å². The third kappa shape index (κ3) is 2.45. The zero-order valence-electron chi connectivity index (χ0n) is 10.8. The molecule has 0 saturated carbocycles. The zero-order chi connectivity index (χ0) is 14.1. The number of hydrogen-bond donors (Lipinski definition) is 1. The van der Waals surface area contributed by atoms with Gasteiger partial charge in [0, 0.05) is 24.6 Å². The predicted molar refractivity (Wildman–Crippen MR) is 67.5 cm³/mol. The number of nitrogens with one attached hydrogen (secondary N) is 1. The van der Waals surface area contributed by atoms with Crippen molar-refractivity contribution in [3.63, 3.8) is 0 Å². The van der Waals surface area contributed by atoms with Crippen LogP contribution in [0.25, 0.3) is 0 Å². The van der Waals surface area contributed by atoms with Gasteiger partial charge in [0.15, 0.2) is 17.5 Å². The van der Waals surface area contributed by atoms with Gasteiger partial charge < -0.3 is 9.73 Å². The molecule has 1 aromatic heterocycles. The van der Waals surface area contributed by atoms with E-state index >= 15 is 0 Å². The van der Waals surface area contributed by atoms with Crippen LogP contribution in [0.2, 0.25) is 0 Å². The van der Waals surface area contributed by atoms with E-state index in [9.17, 15) is 13.2 Å². The minimum atomic E-state index is -1.43. The molecule has 1 atom stereocenters. The van der Waals surface area contributed by atoms with E-state index < -0.39 is 17.5 Å². The molecule has 0 radical (unpaired) electrons. The molecule has 0 aliphatic heterocycles. The first-order valence-corrected chi connectivity index (χ1v) is 6.58. The summed E-state index contributed by atoms with van der Waals surface area (Å²) in [6, 6.07) is 4.06. The van der Waals surface area contributed by atoms with Crippen molar-refractivity contribution in [2.45, 2.75) is 31.8 Å². The molecule has 0 bridgehead atoms. The Labute approximate surface area is 114 Å². The second-order valence-electron chi connectivity index (χ2n) is 5.00. The first kappa shape index (κ1) is 13.2. The van der Waals surface area contributed by atoms with Crippen LogP contribution in [-0.2, 0) is 13.0 Å². The summed E-state index contributed by atoms with van der Waals surface area (Å²) >= 11 is 0.